The van der Waals surface area contributed by atoms with Gasteiger partial charge in [-0.05, 0) is 42.5 Å². The molecular formula is C19H21N3O3. The number of aryl methyl sites for hydroxylation is 1. The number of hydrogen-bond donors (Lipinski definition) is 1. The number of rotatable bonds is 4. The third-order valence-corrected chi connectivity index (χ3v) is 4.75. The molecule has 0 saturated carbocycles. The zero-order chi connectivity index (χ0) is 18.0. The molecule has 0 spiro atoms. The SMILES string of the molecule is Cc1ccc([N+](=O)[O-])c(NC(=O)CN2CCc3ccccc3C2)c1C. The van der Waals surface area contributed by atoms with Crippen LogP contribution in [0.25, 0.3) is 0 Å². The Balaban J connectivity index is 1.72. The smallest absolute Gasteiger partial charge is 0.293 e. The fourth-order valence-electron chi connectivity index (χ4n) is 3.18. The van der Waals surface area contributed by atoms with Gasteiger partial charge >= 0.3 is 0 Å². The molecule has 6 nitrogen and oxygen atoms in total. The van der Waals surface area contributed by atoms with Gasteiger partial charge in [0.2, 0.25) is 5.91 Å². The van der Waals surface area contributed by atoms with E-state index in [0.29, 0.717) is 5.69 Å². The number of benzene rings is 2. The minimum Gasteiger partial charge on any atom is -0.319 e. The maximum Gasteiger partial charge on any atom is 0.293 e. The van der Waals surface area contributed by atoms with Crippen LogP contribution < -0.4 is 5.32 Å². The highest BCUT2D eigenvalue weighted by Gasteiger charge is 2.22. The van der Waals surface area contributed by atoms with Crippen molar-refractivity contribution in [3.8, 4) is 0 Å². The van der Waals surface area contributed by atoms with Gasteiger partial charge in [-0.3, -0.25) is 19.8 Å². The molecule has 1 heterocycles. The second kappa shape index (κ2) is 7.03. The van der Waals surface area contributed by atoms with Crippen molar-refractivity contribution in [2.24, 2.45) is 0 Å². The van der Waals surface area contributed by atoms with Crippen LogP contribution in [0.2, 0.25) is 0 Å². The molecule has 0 bridgehead atoms. The van der Waals surface area contributed by atoms with Crippen LogP contribution in [-0.4, -0.2) is 28.8 Å². The number of nitro groups is 1. The van der Waals surface area contributed by atoms with Crippen LogP contribution in [0.1, 0.15) is 22.3 Å². The topological polar surface area (TPSA) is 75.5 Å². The monoisotopic (exact) mass is 339 g/mol. The standard InChI is InChI=1S/C19H21N3O3/c1-13-7-8-17(22(24)25)19(14(13)2)20-18(23)12-21-10-9-15-5-3-4-6-16(15)11-21/h3-8H,9-12H2,1-2H3,(H,20,23). The lowest BCUT2D eigenvalue weighted by Gasteiger charge is -2.28. The summed E-state index contributed by atoms with van der Waals surface area (Å²) in [5.74, 6) is -0.226. The van der Waals surface area contributed by atoms with Crippen LogP contribution in [0.4, 0.5) is 11.4 Å². The normalized spacial score (nSPS) is 14.0. The lowest BCUT2D eigenvalue weighted by atomic mass is 10.00. The Morgan fingerprint density at radius 3 is 2.64 bits per heavy atom. The quantitative estimate of drug-likeness (QED) is 0.685. The lowest BCUT2D eigenvalue weighted by Crippen LogP contribution is -2.37. The zero-order valence-corrected chi connectivity index (χ0v) is 14.4. The average molecular weight is 339 g/mol. The number of amides is 1. The molecule has 0 radical (unpaired) electrons. The van der Waals surface area contributed by atoms with Gasteiger partial charge in [0.15, 0.2) is 0 Å². The van der Waals surface area contributed by atoms with E-state index in [1.807, 2.05) is 19.1 Å². The second-order valence-electron chi connectivity index (χ2n) is 6.44. The van der Waals surface area contributed by atoms with Gasteiger partial charge in [0, 0.05) is 19.2 Å². The van der Waals surface area contributed by atoms with E-state index >= 15 is 0 Å². The first-order valence-electron chi connectivity index (χ1n) is 8.29. The van der Waals surface area contributed by atoms with Crippen molar-refractivity contribution in [1.82, 2.24) is 4.90 Å². The Bertz CT molecular complexity index is 833. The van der Waals surface area contributed by atoms with E-state index in [-0.39, 0.29) is 18.1 Å². The summed E-state index contributed by atoms with van der Waals surface area (Å²) in [5, 5.41) is 14.0. The number of nitrogens with one attached hydrogen (secondary N) is 1. The van der Waals surface area contributed by atoms with E-state index in [4.69, 9.17) is 0 Å². The summed E-state index contributed by atoms with van der Waals surface area (Å²) in [4.78, 5) is 25.3. The molecule has 2 aromatic rings. The van der Waals surface area contributed by atoms with Gasteiger partial charge in [0.1, 0.15) is 5.69 Å². The molecule has 6 heteroatoms. The van der Waals surface area contributed by atoms with Gasteiger partial charge in [-0.1, -0.05) is 30.3 Å². The fraction of sp³-hybridized carbons (Fsp3) is 0.316. The van der Waals surface area contributed by atoms with Gasteiger partial charge in [-0.2, -0.15) is 0 Å². The Morgan fingerprint density at radius 1 is 1.20 bits per heavy atom. The highest BCUT2D eigenvalue weighted by Crippen LogP contribution is 2.30. The number of carbonyl (C=O) groups excluding carboxylic acids is 1. The van der Waals surface area contributed by atoms with Crippen LogP contribution in [0, 0.1) is 24.0 Å². The van der Waals surface area contributed by atoms with Gasteiger partial charge in [0.05, 0.1) is 11.5 Å². The second-order valence-corrected chi connectivity index (χ2v) is 6.44. The molecule has 1 aliphatic rings. The van der Waals surface area contributed by atoms with Crippen molar-refractivity contribution < 1.29 is 9.72 Å². The van der Waals surface area contributed by atoms with Crippen LogP contribution >= 0.6 is 0 Å². The van der Waals surface area contributed by atoms with E-state index in [1.165, 1.54) is 17.2 Å². The lowest BCUT2D eigenvalue weighted by molar-refractivity contribution is -0.384. The predicted molar refractivity (Wildman–Crippen MR) is 96.6 cm³/mol. The molecule has 1 N–H and O–H groups in total. The number of nitro benzene ring substituents is 1. The van der Waals surface area contributed by atoms with E-state index in [0.717, 1.165) is 30.6 Å². The van der Waals surface area contributed by atoms with Crippen molar-refractivity contribution in [2.75, 3.05) is 18.4 Å². The van der Waals surface area contributed by atoms with Gasteiger partial charge in [-0.25, -0.2) is 0 Å². The summed E-state index contributed by atoms with van der Waals surface area (Å²) >= 11 is 0. The summed E-state index contributed by atoms with van der Waals surface area (Å²) in [7, 11) is 0. The Morgan fingerprint density at radius 2 is 1.92 bits per heavy atom. The molecule has 3 rings (SSSR count). The van der Waals surface area contributed by atoms with Crippen molar-refractivity contribution in [3.63, 3.8) is 0 Å². The first kappa shape index (κ1) is 17.1. The molecule has 25 heavy (non-hydrogen) atoms. The maximum atomic E-state index is 12.5. The molecular weight excluding hydrogens is 318 g/mol. The molecule has 1 amide bonds. The van der Waals surface area contributed by atoms with E-state index < -0.39 is 4.92 Å². The minimum atomic E-state index is -0.459. The van der Waals surface area contributed by atoms with Crippen molar-refractivity contribution in [3.05, 3.63) is 68.8 Å². The summed E-state index contributed by atoms with van der Waals surface area (Å²) in [6.07, 6.45) is 0.910. The molecule has 1 aliphatic heterocycles. The molecule has 0 atom stereocenters. The number of nitrogens with zero attached hydrogens (tertiary/aromatic N) is 2. The van der Waals surface area contributed by atoms with Crippen LogP contribution in [0.15, 0.2) is 36.4 Å². The van der Waals surface area contributed by atoms with Gasteiger partial charge < -0.3 is 5.32 Å². The predicted octanol–water partition coefficient (Wildman–Crippen LogP) is 3.21. The van der Waals surface area contributed by atoms with Gasteiger partial charge in [0.25, 0.3) is 5.69 Å². The number of hydrogen-bond acceptors (Lipinski definition) is 4. The number of carbonyl (C=O) groups is 1. The summed E-state index contributed by atoms with van der Waals surface area (Å²) in [6, 6.07) is 11.4. The molecule has 0 fully saturated rings. The third kappa shape index (κ3) is 3.69. The summed E-state index contributed by atoms with van der Waals surface area (Å²) < 4.78 is 0. The zero-order valence-electron chi connectivity index (χ0n) is 14.4. The van der Waals surface area contributed by atoms with E-state index in [9.17, 15) is 14.9 Å². The molecule has 2 aromatic carbocycles. The number of fused-ring (bicyclic) bond motifs is 1. The maximum absolute atomic E-state index is 12.5. The van der Waals surface area contributed by atoms with Crippen molar-refractivity contribution >= 4 is 17.3 Å². The van der Waals surface area contributed by atoms with E-state index in [2.05, 4.69) is 22.3 Å². The first-order chi connectivity index (χ1) is 12.0. The van der Waals surface area contributed by atoms with Crippen molar-refractivity contribution in [1.29, 1.82) is 0 Å². The van der Waals surface area contributed by atoms with E-state index in [1.54, 1.807) is 13.0 Å². The van der Waals surface area contributed by atoms with Crippen molar-refractivity contribution in [2.45, 2.75) is 26.8 Å². The molecule has 0 aliphatic carbocycles. The summed E-state index contributed by atoms with van der Waals surface area (Å²) in [6.45, 7) is 5.40. The minimum absolute atomic E-state index is 0.0690. The fourth-order valence-corrected chi connectivity index (χ4v) is 3.18. The highest BCUT2D eigenvalue weighted by atomic mass is 16.6. The Labute approximate surface area is 146 Å². The first-order valence-corrected chi connectivity index (χ1v) is 8.29. The van der Waals surface area contributed by atoms with Crippen LogP contribution in [-0.2, 0) is 17.8 Å². The average Bonchev–Trinajstić information content (AvgIpc) is 2.58. The Kier molecular flexibility index (Phi) is 4.81. The Hall–Kier alpha value is -2.73. The van der Waals surface area contributed by atoms with Crippen LogP contribution in [0.3, 0.4) is 0 Å². The van der Waals surface area contributed by atoms with Crippen LogP contribution in [0.5, 0.6) is 0 Å². The molecule has 0 saturated heterocycles. The largest absolute Gasteiger partial charge is 0.319 e. The third-order valence-electron chi connectivity index (χ3n) is 4.75. The molecule has 0 unspecified atom stereocenters. The highest BCUT2D eigenvalue weighted by molar-refractivity contribution is 5.95. The summed E-state index contributed by atoms with van der Waals surface area (Å²) in [5.41, 5.74) is 4.43. The molecule has 0 aromatic heterocycles. The number of anilines is 1. The molecule has 130 valence electrons. The van der Waals surface area contributed by atoms with Gasteiger partial charge in [-0.15, -0.1) is 0 Å².